The molecule has 4 rings (SSSR count). The van der Waals surface area contributed by atoms with Gasteiger partial charge in [0.25, 0.3) is 0 Å². The number of hydrogen-bond acceptors (Lipinski definition) is 5. The standard InChI is InChI=1S/C23H18F3N5O3S2/c24-23(25,26)16-10-6-9-15-19(21(32)31(20(15)16)13-14-7-2-1-3-8-14)29-30-22(35)28-17-11-4-5-12-18(17)36(27,33)34/h1-12,32H,13H2,(H,28,35)(H2,27,33,34). The Hall–Kier alpha value is -3.81. The number of para-hydroxylation sites is 2. The summed E-state index contributed by atoms with van der Waals surface area (Å²) in [6, 6.07) is 17.8. The molecule has 8 nitrogen and oxygen atoms in total. The molecule has 0 radical (unpaired) electrons. The summed E-state index contributed by atoms with van der Waals surface area (Å²) in [5.74, 6) is -0.540. The highest BCUT2D eigenvalue weighted by Gasteiger charge is 2.35. The van der Waals surface area contributed by atoms with Gasteiger partial charge >= 0.3 is 6.18 Å². The average molecular weight is 534 g/mol. The molecule has 13 heteroatoms. The maximum atomic E-state index is 13.8. The Labute approximate surface area is 208 Å². The lowest BCUT2D eigenvalue weighted by molar-refractivity contribution is -0.136. The summed E-state index contributed by atoms with van der Waals surface area (Å²) in [5, 5.41) is 26.1. The molecule has 0 unspecified atom stereocenters. The predicted molar refractivity (Wildman–Crippen MR) is 133 cm³/mol. The van der Waals surface area contributed by atoms with Crippen LogP contribution in [0.25, 0.3) is 10.9 Å². The molecule has 36 heavy (non-hydrogen) atoms. The monoisotopic (exact) mass is 533 g/mol. The molecule has 0 spiro atoms. The van der Waals surface area contributed by atoms with Gasteiger partial charge in [0.2, 0.25) is 21.0 Å². The number of azo groups is 1. The van der Waals surface area contributed by atoms with Crippen molar-refractivity contribution in [3.8, 4) is 5.88 Å². The lowest BCUT2D eigenvalue weighted by Gasteiger charge is -2.12. The Kier molecular flexibility index (Phi) is 6.80. The first-order valence-corrected chi connectivity index (χ1v) is 12.2. The normalized spacial score (nSPS) is 12.3. The van der Waals surface area contributed by atoms with Crippen molar-refractivity contribution in [2.24, 2.45) is 15.4 Å². The summed E-state index contributed by atoms with van der Waals surface area (Å²) in [5.41, 5.74) is -0.744. The van der Waals surface area contributed by atoms with Crippen molar-refractivity contribution >= 4 is 49.6 Å². The van der Waals surface area contributed by atoms with E-state index < -0.39 is 27.6 Å². The number of alkyl halides is 3. The minimum absolute atomic E-state index is 0.00902. The van der Waals surface area contributed by atoms with Crippen LogP contribution in [-0.2, 0) is 22.7 Å². The fraction of sp³-hybridized carbons (Fsp3) is 0.0870. The molecule has 0 bridgehead atoms. The van der Waals surface area contributed by atoms with E-state index in [1.165, 1.54) is 30.3 Å². The summed E-state index contributed by atoms with van der Waals surface area (Å²) in [7, 11) is -4.07. The maximum absolute atomic E-state index is 13.8. The Morgan fingerprint density at radius 1 is 1.03 bits per heavy atom. The highest BCUT2D eigenvalue weighted by molar-refractivity contribution is 7.89. The van der Waals surface area contributed by atoms with Crippen LogP contribution in [0.15, 0.2) is 87.9 Å². The maximum Gasteiger partial charge on any atom is 0.418 e. The molecule has 0 saturated carbocycles. The number of rotatable bonds is 5. The number of thiocarbonyl (C=S) groups is 1. The van der Waals surface area contributed by atoms with Crippen molar-refractivity contribution in [1.82, 2.24) is 4.57 Å². The number of aromatic nitrogens is 1. The van der Waals surface area contributed by atoms with E-state index in [4.69, 9.17) is 17.4 Å². The van der Waals surface area contributed by atoms with Crippen LogP contribution in [0, 0.1) is 0 Å². The lowest BCUT2D eigenvalue weighted by atomic mass is 10.1. The van der Waals surface area contributed by atoms with Crippen molar-refractivity contribution in [2.45, 2.75) is 17.6 Å². The van der Waals surface area contributed by atoms with Gasteiger partial charge in [0.05, 0.1) is 23.3 Å². The molecule has 0 aliphatic carbocycles. The number of nitrogens with one attached hydrogen (secondary N) is 1. The number of nitrogens with two attached hydrogens (primary N) is 1. The highest BCUT2D eigenvalue weighted by Crippen LogP contribution is 2.44. The van der Waals surface area contributed by atoms with Crippen LogP contribution < -0.4 is 10.5 Å². The Bertz CT molecular complexity index is 1580. The average Bonchev–Trinajstić information content (AvgIpc) is 3.08. The second kappa shape index (κ2) is 9.68. The molecule has 0 fully saturated rings. The smallest absolute Gasteiger partial charge is 0.418 e. The van der Waals surface area contributed by atoms with Crippen LogP contribution in [0.4, 0.5) is 24.5 Å². The van der Waals surface area contributed by atoms with Gasteiger partial charge in [-0.05, 0) is 36.0 Å². The van der Waals surface area contributed by atoms with Crippen LogP contribution in [0.3, 0.4) is 0 Å². The van der Waals surface area contributed by atoms with Crippen LogP contribution in [0.2, 0.25) is 0 Å². The lowest BCUT2D eigenvalue weighted by Crippen LogP contribution is -2.16. The van der Waals surface area contributed by atoms with Crippen LogP contribution >= 0.6 is 12.2 Å². The van der Waals surface area contributed by atoms with E-state index in [0.717, 1.165) is 10.6 Å². The van der Waals surface area contributed by atoms with E-state index in [2.05, 4.69) is 15.5 Å². The summed E-state index contributed by atoms with van der Waals surface area (Å²) < 4.78 is 66.2. The first-order chi connectivity index (χ1) is 17.0. The molecule has 0 saturated heterocycles. The predicted octanol–water partition coefficient (Wildman–Crippen LogP) is 5.54. The Morgan fingerprint density at radius 2 is 1.69 bits per heavy atom. The van der Waals surface area contributed by atoms with Gasteiger partial charge in [0, 0.05) is 5.39 Å². The Morgan fingerprint density at radius 3 is 2.36 bits per heavy atom. The molecule has 186 valence electrons. The highest BCUT2D eigenvalue weighted by atomic mass is 32.2. The fourth-order valence-corrected chi connectivity index (χ4v) is 4.53. The number of fused-ring (bicyclic) bond motifs is 1. The van der Waals surface area contributed by atoms with E-state index in [9.17, 15) is 26.7 Å². The van der Waals surface area contributed by atoms with Gasteiger partial charge in [0.1, 0.15) is 4.90 Å². The number of anilines is 1. The molecule has 4 N–H and O–H groups in total. The Balaban J connectivity index is 1.77. The van der Waals surface area contributed by atoms with Gasteiger partial charge in [-0.3, -0.25) is 0 Å². The minimum atomic E-state index is -4.69. The molecule has 1 heterocycles. The quantitative estimate of drug-likeness (QED) is 0.230. The van der Waals surface area contributed by atoms with Gasteiger partial charge in [-0.25, -0.2) is 13.6 Å². The summed E-state index contributed by atoms with van der Waals surface area (Å²) in [4.78, 5) is -0.236. The van der Waals surface area contributed by atoms with Gasteiger partial charge in [-0.2, -0.15) is 13.2 Å². The number of benzene rings is 3. The zero-order valence-corrected chi connectivity index (χ0v) is 19.9. The number of primary sulfonamides is 1. The SMILES string of the molecule is NS(=O)(=O)c1ccccc1NC(=S)N=Nc1c(O)n(Cc2ccccc2)c2c(C(F)(F)F)cccc12. The van der Waals surface area contributed by atoms with E-state index in [1.54, 1.807) is 36.4 Å². The summed E-state index contributed by atoms with van der Waals surface area (Å²) >= 11 is 5.10. The number of hydrogen-bond donors (Lipinski definition) is 3. The van der Waals surface area contributed by atoms with Crippen molar-refractivity contribution in [1.29, 1.82) is 0 Å². The van der Waals surface area contributed by atoms with Crippen molar-refractivity contribution in [2.75, 3.05) is 5.32 Å². The molecule has 3 aromatic carbocycles. The van der Waals surface area contributed by atoms with Gasteiger partial charge < -0.3 is 15.0 Å². The first-order valence-electron chi connectivity index (χ1n) is 10.3. The van der Waals surface area contributed by atoms with Gasteiger partial charge in [-0.15, -0.1) is 10.2 Å². The number of sulfonamides is 1. The second-order valence-electron chi connectivity index (χ2n) is 7.61. The molecular formula is C23H18F3N5O3S2. The third kappa shape index (κ3) is 5.22. The van der Waals surface area contributed by atoms with Crippen molar-refractivity contribution < 1.29 is 26.7 Å². The zero-order chi connectivity index (χ0) is 26.1. The molecule has 4 aromatic rings. The number of halogens is 3. The molecule has 0 amide bonds. The molecule has 0 aliphatic heterocycles. The molecule has 0 aliphatic rings. The number of nitrogens with zero attached hydrogens (tertiary/aromatic N) is 3. The largest absolute Gasteiger partial charge is 0.493 e. The van der Waals surface area contributed by atoms with E-state index in [1.807, 2.05) is 0 Å². The van der Waals surface area contributed by atoms with Gasteiger partial charge in [-0.1, -0.05) is 54.6 Å². The summed E-state index contributed by atoms with van der Waals surface area (Å²) in [6.07, 6.45) is -4.69. The molecule has 0 atom stereocenters. The zero-order valence-electron chi connectivity index (χ0n) is 18.3. The molecule has 1 aromatic heterocycles. The van der Waals surface area contributed by atoms with E-state index in [-0.39, 0.29) is 38.8 Å². The van der Waals surface area contributed by atoms with Crippen molar-refractivity contribution in [3.05, 3.63) is 83.9 Å². The summed E-state index contributed by atoms with van der Waals surface area (Å²) in [6.45, 7) is -0.0593. The third-order valence-electron chi connectivity index (χ3n) is 5.19. The van der Waals surface area contributed by atoms with Gasteiger partial charge in [0.15, 0.2) is 5.69 Å². The second-order valence-corrected chi connectivity index (χ2v) is 9.53. The van der Waals surface area contributed by atoms with Crippen LogP contribution in [0.1, 0.15) is 11.1 Å². The van der Waals surface area contributed by atoms with Crippen LogP contribution in [-0.4, -0.2) is 23.2 Å². The minimum Gasteiger partial charge on any atom is -0.493 e. The van der Waals surface area contributed by atoms with Crippen molar-refractivity contribution in [3.63, 3.8) is 0 Å². The number of aromatic hydroxyl groups is 1. The topological polar surface area (TPSA) is 122 Å². The fourth-order valence-electron chi connectivity index (χ4n) is 3.68. The van der Waals surface area contributed by atoms with E-state index in [0.29, 0.717) is 5.56 Å². The molecular weight excluding hydrogens is 515 g/mol. The van der Waals surface area contributed by atoms with E-state index >= 15 is 0 Å². The van der Waals surface area contributed by atoms with Crippen LogP contribution in [0.5, 0.6) is 5.88 Å². The first kappa shape index (κ1) is 25.3. The third-order valence-corrected chi connectivity index (χ3v) is 6.35.